The number of aliphatic carboxylic acids is 1. The third-order valence-corrected chi connectivity index (χ3v) is 2.73. The van der Waals surface area contributed by atoms with Gasteiger partial charge in [0.1, 0.15) is 10.8 Å². The molecule has 0 fully saturated rings. The lowest BCUT2D eigenvalue weighted by atomic mass is 10.1. The normalized spacial score (nSPS) is 11.9. The quantitative estimate of drug-likeness (QED) is 0.830. The summed E-state index contributed by atoms with van der Waals surface area (Å²) in [5.74, 6) is -1.86. The molecule has 5 nitrogen and oxygen atoms in total. The van der Waals surface area contributed by atoms with Gasteiger partial charge in [-0.25, -0.2) is 4.98 Å². The zero-order valence-electron chi connectivity index (χ0n) is 10.3. The van der Waals surface area contributed by atoms with E-state index in [2.05, 4.69) is 4.98 Å². The van der Waals surface area contributed by atoms with E-state index in [1.54, 1.807) is 32.0 Å². The average Bonchev–Trinajstić information content (AvgIpc) is 2.34. The summed E-state index contributed by atoms with van der Waals surface area (Å²) in [6, 6.07) is 4.77. The monoisotopic (exact) mass is 270 g/mol. The minimum atomic E-state index is -0.930. The first kappa shape index (κ1) is 14.4. The summed E-state index contributed by atoms with van der Waals surface area (Å²) in [4.78, 5) is 28.3. The standard InChI is InChI=1S/C12H15ClN2O3/c1-3-15(7-8(2)12(17)18)11(16)9-5-4-6-10(13)14-9/h4-6,8H,3,7H2,1-2H3,(H,17,18). The van der Waals surface area contributed by atoms with Crippen LogP contribution in [0.5, 0.6) is 0 Å². The van der Waals surface area contributed by atoms with Gasteiger partial charge in [-0.15, -0.1) is 0 Å². The smallest absolute Gasteiger partial charge is 0.308 e. The molecule has 0 spiro atoms. The van der Waals surface area contributed by atoms with Crippen LogP contribution in [-0.2, 0) is 4.79 Å². The van der Waals surface area contributed by atoms with Gasteiger partial charge in [0, 0.05) is 13.1 Å². The molecule has 6 heteroatoms. The van der Waals surface area contributed by atoms with E-state index >= 15 is 0 Å². The van der Waals surface area contributed by atoms with Crippen molar-refractivity contribution < 1.29 is 14.7 Å². The Morgan fingerprint density at radius 3 is 2.67 bits per heavy atom. The first-order chi connectivity index (χ1) is 8.45. The highest BCUT2D eigenvalue weighted by Gasteiger charge is 2.21. The zero-order chi connectivity index (χ0) is 13.7. The number of amides is 1. The van der Waals surface area contributed by atoms with Crippen LogP contribution in [0.3, 0.4) is 0 Å². The minimum absolute atomic E-state index is 0.152. The van der Waals surface area contributed by atoms with Crippen LogP contribution in [0.1, 0.15) is 24.3 Å². The molecule has 0 bridgehead atoms. The summed E-state index contributed by atoms with van der Waals surface area (Å²) in [6.07, 6.45) is 0. The van der Waals surface area contributed by atoms with Crippen molar-refractivity contribution in [3.8, 4) is 0 Å². The summed E-state index contributed by atoms with van der Waals surface area (Å²) in [7, 11) is 0. The van der Waals surface area contributed by atoms with Gasteiger partial charge >= 0.3 is 5.97 Å². The molecule has 1 N–H and O–H groups in total. The van der Waals surface area contributed by atoms with Gasteiger partial charge in [0.05, 0.1) is 5.92 Å². The van der Waals surface area contributed by atoms with Crippen LogP contribution in [0, 0.1) is 5.92 Å². The summed E-state index contributed by atoms with van der Waals surface area (Å²) in [5, 5.41) is 9.09. The van der Waals surface area contributed by atoms with Crippen molar-refractivity contribution in [2.45, 2.75) is 13.8 Å². The highest BCUT2D eigenvalue weighted by atomic mass is 35.5. The molecule has 1 amide bonds. The maximum Gasteiger partial charge on any atom is 0.308 e. The van der Waals surface area contributed by atoms with Crippen LogP contribution in [-0.4, -0.2) is 40.0 Å². The first-order valence-corrected chi connectivity index (χ1v) is 5.98. The molecule has 1 heterocycles. The summed E-state index contributed by atoms with van der Waals surface area (Å²) in [6.45, 7) is 3.92. The number of hydrogen-bond acceptors (Lipinski definition) is 3. The predicted molar refractivity (Wildman–Crippen MR) is 67.6 cm³/mol. The van der Waals surface area contributed by atoms with E-state index in [-0.39, 0.29) is 23.3 Å². The zero-order valence-corrected chi connectivity index (χ0v) is 11.0. The maximum absolute atomic E-state index is 12.1. The SMILES string of the molecule is CCN(CC(C)C(=O)O)C(=O)c1cccc(Cl)n1. The second kappa shape index (κ2) is 6.35. The summed E-state index contributed by atoms with van der Waals surface area (Å²) < 4.78 is 0. The Kier molecular flexibility index (Phi) is 5.09. The van der Waals surface area contributed by atoms with Crippen LogP contribution < -0.4 is 0 Å². The lowest BCUT2D eigenvalue weighted by Crippen LogP contribution is -2.37. The molecule has 0 aliphatic heterocycles. The van der Waals surface area contributed by atoms with Gasteiger partial charge in [-0.1, -0.05) is 24.6 Å². The van der Waals surface area contributed by atoms with Crippen LogP contribution in [0.2, 0.25) is 5.15 Å². The molecule has 1 aromatic rings. The molecule has 1 unspecified atom stereocenters. The van der Waals surface area contributed by atoms with Crippen molar-refractivity contribution in [3.63, 3.8) is 0 Å². The van der Waals surface area contributed by atoms with Crippen LogP contribution >= 0.6 is 11.6 Å². The molecule has 0 aliphatic rings. The lowest BCUT2D eigenvalue weighted by molar-refractivity contribution is -0.141. The molecule has 0 aromatic carbocycles. The van der Waals surface area contributed by atoms with Crippen molar-refractivity contribution in [1.82, 2.24) is 9.88 Å². The Labute approximate surface area is 110 Å². The molecule has 98 valence electrons. The highest BCUT2D eigenvalue weighted by Crippen LogP contribution is 2.09. The predicted octanol–water partition coefficient (Wildman–Crippen LogP) is 1.92. The molecular weight excluding hydrogens is 256 g/mol. The van der Waals surface area contributed by atoms with Gasteiger partial charge in [-0.05, 0) is 19.1 Å². The Morgan fingerprint density at radius 1 is 1.50 bits per heavy atom. The number of halogens is 1. The summed E-state index contributed by atoms with van der Waals surface area (Å²) >= 11 is 5.72. The van der Waals surface area contributed by atoms with Gasteiger partial charge in [-0.2, -0.15) is 0 Å². The molecule has 18 heavy (non-hydrogen) atoms. The van der Waals surface area contributed by atoms with Crippen molar-refractivity contribution in [2.24, 2.45) is 5.92 Å². The van der Waals surface area contributed by atoms with E-state index in [9.17, 15) is 9.59 Å². The van der Waals surface area contributed by atoms with E-state index in [1.807, 2.05) is 0 Å². The van der Waals surface area contributed by atoms with Gasteiger partial charge in [0.2, 0.25) is 0 Å². The Bertz CT molecular complexity index is 451. The first-order valence-electron chi connectivity index (χ1n) is 5.60. The number of aromatic nitrogens is 1. The minimum Gasteiger partial charge on any atom is -0.481 e. The van der Waals surface area contributed by atoms with Gasteiger partial charge in [0.25, 0.3) is 5.91 Å². The van der Waals surface area contributed by atoms with E-state index in [1.165, 1.54) is 4.90 Å². The van der Waals surface area contributed by atoms with Crippen LogP contribution in [0.15, 0.2) is 18.2 Å². The van der Waals surface area contributed by atoms with Crippen molar-refractivity contribution in [1.29, 1.82) is 0 Å². The summed E-state index contributed by atoms with van der Waals surface area (Å²) in [5.41, 5.74) is 0.224. The molecule has 0 saturated heterocycles. The molecule has 0 aliphatic carbocycles. The number of carbonyl (C=O) groups excluding carboxylic acids is 1. The second-order valence-corrected chi connectivity index (χ2v) is 4.32. The number of nitrogens with zero attached hydrogens (tertiary/aromatic N) is 2. The van der Waals surface area contributed by atoms with Gasteiger partial charge in [-0.3, -0.25) is 9.59 Å². The Balaban J connectivity index is 2.82. The fourth-order valence-electron chi connectivity index (χ4n) is 1.45. The Hall–Kier alpha value is -1.62. The van der Waals surface area contributed by atoms with E-state index < -0.39 is 11.9 Å². The largest absolute Gasteiger partial charge is 0.481 e. The molecule has 0 saturated carbocycles. The van der Waals surface area contributed by atoms with Crippen molar-refractivity contribution in [2.75, 3.05) is 13.1 Å². The van der Waals surface area contributed by atoms with Crippen molar-refractivity contribution in [3.05, 3.63) is 29.0 Å². The fraction of sp³-hybridized carbons (Fsp3) is 0.417. The number of carbonyl (C=O) groups is 2. The van der Waals surface area contributed by atoms with Crippen LogP contribution in [0.25, 0.3) is 0 Å². The van der Waals surface area contributed by atoms with Gasteiger partial charge in [0.15, 0.2) is 0 Å². The van der Waals surface area contributed by atoms with Gasteiger partial charge < -0.3 is 10.0 Å². The highest BCUT2D eigenvalue weighted by molar-refractivity contribution is 6.29. The van der Waals surface area contributed by atoms with E-state index in [4.69, 9.17) is 16.7 Å². The van der Waals surface area contributed by atoms with E-state index in [0.29, 0.717) is 6.54 Å². The molecule has 0 radical (unpaired) electrons. The molecule has 1 rings (SSSR count). The molecule has 1 atom stereocenters. The number of rotatable bonds is 5. The topological polar surface area (TPSA) is 70.5 Å². The fourth-order valence-corrected chi connectivity index (χ4v) is 1.62. The number of carboxylic acids is 1. The van der Waals surface area contributed by atoms with Crippen LogP contribution in [0.4, 0.5) is 0 Å². The molecular formula is C12H15ClN2O3. The third-order valence-electron chi connectivity index (χ3n) is 2.52. The third kappa shape index (κ3) is 3.70. The lowest BCUT2D eigenvalue weighted by Gasteiger charge is -2.22. The maximum atomic E-state index is 12.1. The Morgan fingerprint density at radius 2 is 2.17 bits per heavy atom. The number of carboxylic acid groups (broad SMARTS) is 1. The second-order valence-electron chi connectivity index (χ2n) is 3.93. The average molecular weight is 271 g/mol. The number of hydrogen-bond donors (Lipinski definition) is 1. The van der Waals surface area contributed by atoms with Crippen molar-refractivity contribution >= 4 is 23.5 Å². The van der Waals surface area contributed by atoms with E-state index in [0.717, 1.165) is 0 Å². The number of pyridine rings is 1. The molecule has 1 aromatic heterocycles.